The molecule has 1 heterocycles. The van der Waals surface area contributed by atoms with Gasteiger partial charge in [0.15, 0.2) is 0 Å². The van der Waals surface area contributed by atoms with Crippen LogP contribution in [0.15, 0.2) is 29.1 Å². The Bertz CT molecular complexity index is 560. The van der Waals surface area contributed by atoms with Crippen LogP contribution < -0.4 is 5.56 Å². The fraction of sp³-hybridized carbons (Fsp3) is 0.364. The minimum atomic E-state index is -1.35. The number of hydrogen-bond acceptors (Lipinski definition) is 2. The number of nitrogens with zero attached hydrogens (tertiary/aromatic N) is 1. The van der Waals surface area contributed by atoms with Crippen LogP contribution >= 0.6 is 10.9 Å². The molecule has 0 bridgehead atoms. The molecule has 3 nitrogen and oxygen atoms in total. The lowest BCUT2D eigenvalue weighted by molar-refractivity contribution is 0.402. The molecule has 0 saturated heterocycles. The molecule has 80 valence electrons. The van der Waals surface area contributed by atoms with Crippen LogP contribution in [0.4, 0.5) is 0 Å². The van der Waals surface area contributed by atoms with Crippen LogP contribution in [0.3, 0.4) is 0 Å². The largest absolute Gasteiger partial charge is 0.570 e. The Morgan fingerprint density at radius 3 is 2.40 bits per heavy atom. The van der Waals surface area contributed by atoms with Crippen LogP contribution in [0.5, 0.6) is 0 Å². The van der Waals surface area contributed by atoms with Crippen molar-refractivity contribution in [2.75, 3.05) is 0 Å². The van der Waals surface area contributed by atoms with Crippen molar-refractivity contribution in [3.63, 3.8) is 0 Å². The van der Waals surface area contributed by atoms with Crippen molar-refractivity contribution in [2.45, 2.75) is 26.3 Å². The molecular formula is C11H13NO2S. The first-order chi connectivity index (χ1) is 6.93. The summed E-state index contributed by atoms with van der Waals surface area (Å²) in [5, 5.41) is 0.561. The molecule has 0 fully saturated rings. The Morgan fingerprint density at radius 1 is 1.27 bits per heavy atom. The van der Waals surface area contributed by atoms with Crippen LogP contribution in [0.2, 0.25) is 0 Å². The summed E-state index contributed by atoms with van der Waals surface area (Å²) in [6.07, 6.45) is 0. The maximum atomic E-state index is 12.1. The zero-order valence-electron chi connectivity index (χ0n) is 8.98. The third-order valence-electron chi connectivity index (χ3n) is 2.27. The first-order valence-electron chi connectivity index (χ1n) is 4.78. The van der Waals surface area contributed by atoms with E-state index in [1.165, 1.54) is 3.96 Å². The summed E-state index contributed by atoms with van der Waals surface area (Å²) in [5.74, 6) is 0. The van der Waals surface area contributed by atoms with Crippen LogP contribution in [0.1, 0.15) is 20.8 Å². The van der Waals surface area contributed by atoms with Gasteiger partial charge in [-0.15, -0.1) is 3.96 Å². The smallest absolute Gasteiger partial charge is 0.304 e. The van der Waals surface area contributed by atoms with Gasteiger partial charge in [-0.05, 0) is 26.8 Å². The fourth-order valence-corrected chi connectivity index (χ4v) is 3.11. The summed E-state index contributed by atoms with van der Waals surface area (Å²) in [6.45, 7) is 5.65. The summed E-state index contributed by atoms with van der Waals surface area (Å²) in [7, 11) is -1.35. The second kappa shape index (κ2) is 3.18. The van der Waals surface area contributed by atoms with Crippen molar-refractivity contribution in [2.24, 2.45) is 0 Å². The van der Waals surface area contributed by atoms with Crippen molar-refractivity contribution in [1.82, 2.24) is 3.96 Å². The number of fused-ring (bicyclic) bond motifs is 1. The molecule has 2 rings (SSSR count). The minimum absolute atomic E-state index is 0.142. The molecule has 0 aliphatic carbocycles. The van der Waals surface area contributed by atoms with Gasteiger partial charge >= 0.3 is 5.56 Å². The van der Waals surface area contributed by atoms with E-state index in [9.17, 15) is 9.35 Å². The highest BCUT2D eigenvalue weighted by Gasteiger charge is 2.27. The Kier molecular flexibility index (Phi) is 2.20. The predicted molar refractivity (Wildman–Crippen MR) is 61.9 cm³/mol. The summed E-state index contributed by atoms with van der Waals surface area (Å²) in [5.41, 5.74) is -0.558. The molecule has 1 aromatic heterocycles. The normalized spacial score (nSPS) is 13.5. The monoisotopic (exact) mass is 223 g/mol. The predicted octanol–water partition coefficient (Wildman–Crippen LogP) is 2.48. The van der Waals surface area contributed by atoms with Gasteiger partial charge in [0, 0.05) is 17.0 Å². The van der Waals surface area contributed by atoms with Gasteiger partial charge in [0.1, 0.15) is 5.39 Å². The third-order valence-corrected chi connectivity index (χ3v) is 4.04. The maximum Gasteiger partial charge on any atom is 0.304 e. The highest BCUT2D eigenvalue weighted by molar-refractivity contribution is 7.27. The molecule has 0 spiro atoms. The van der Waals surface area contributed by atoms with Crippen molar-refractivity contribution in [3.8, 4) is 0 Å². The molecule has 1 unspecified atom stereocenters. The van der Waals surface area contributed by atoms with E-state index in [4.69, 9.17) is 0 Å². The lowest BCUT2D eigenvalue weighted by atomic mass is 10.1. The molecule has 0 saturated carbocycles. The van der Waals surface area contributed by atoms with Crippen molar-refractivity contribution in [1.29, 1.82) is 0 Å². The molecule has 0 aliphatic rings. The second-order valence-electron chi connectivity index (χ2n) is 4.52. The zero-order chi connectivity index (χ0) is 11.2. The van der Waals surface area contributed by atoms with E-state index in [0.29, 0.717) is 10.1 Å². The van der Waals surface area contributed by atoms with Gasteiger partial charge in [-0.1, -0.05) is 12.1 Å². The van der Waals surface area contributed by atoms with E-state index in [0.717, 1.165) is 0 Å². The average molecular weight is 223 g/mol. The molecule has 1 atom stereocenters. The Hall–Kier alpha value is -1.13. The quantitative estimate of drug-likeness (QED) is 0.644. The fourth-order valence-electron chi connectivity index (χ4n) is 1.63. The first kappa shape index (κ1) is 10.4. The Labute approximate surface area is 90.9 Å². The number of hydrogen-bond donors (Lipinski definition) is 0. The van der Waals surface area contributed by atoms with Crippen LogP contribution in [0.25, 0.3) is 10.1 Å². The van der Waals surface area contributed by atoms with Crippen LogP contribution in [-0.2, 0) is 5.54 Å². The van der Waals surface area contributed by atoms with Gasteiger partial charge in [-0.3, -0.25) is 4.79 Å². The van der Waals surface area contributed by atoms with Gasteiger partial charge in [0.2, 0.25) is 4.70 Å². The van der Waals surface area contributed by atoms with E-state index in [1.54, 1.807) is 24.3 Å². The molecule has 0 amide bonds. The van der Waals surface area contributed by atoms with E-state index in [2.05, 4.69) is 0 Å². The molecule has 4 heteroatoms. The Morgan fingerprint density at radius 2 is 1.87 bits per heavy atom. The Balaban J connectivity index is 2.94. The van der Waals surface area contributed by atoms with Gasteiger partial charge < -0.3 is 4.55 Å². The standard InChI is InChI=1S/C11H13NO2S/c1-11(2,3)12-10(13)8-6-4-5-7-9(8)15(12)14/h4-7H,1-3H3. The molecular weight excluding hydrogens is 210 g/mol. The van der Waals surface area contributed by atoms with E-state index in [-0.39, 0.29) is 5.56 Å². The van der Waals surface area contributed by atoms with Crippen molar-refractivity contribution >= 4 is 21.0 Å². The van der Waals surface area contributed by atoms with Crippen LogP contribution in [-0.4, -0.2) is 8.51 Å². The minimum Gasteiger partial charge on any atom is -0.570 e. The highest BCUT2D eigenvalue weighted by Crippen LogP contribution is 2.29. The van der Waals surface area contributed by atoms with Gasteiger partial charge in [-0.25, -0.2) is 0 Å². The van der Waals surface area contributed by atoms with Crippen molar-refractivity contribution in [3.05, 3.63) is 34.6 Å². The first-order valence-corrected chi connectivity index (χ1v) is 5.89. The van der Waals surface area contributed by atoms with E-state index in [1.807, 2.05) is 20.8 Å². The summed E-state index contributed by atoms with van der Waals surface area (Å²) < 4.78 is 14.1. The summed E-state index contributed by atoms with van der Waals surface area (Å²) in [4.78, 5) is 12.0. The number of rotatable bonds is 0. The van der Waals surface area contributed by atoms with Gasteiger partial charge in [0.25, 0.3) is 0 Å². The molecule has 15 heavy (non-hydrogen) atoms. The SMILES string of the molecule is CC(C)(C)n1c(=O)c2ccccc2[s+]1[O-]. The second-order valence-corrected chi connectivity index (χ2v) is 5.82. The summed E-state index contributed by atoms with van der Waals surface area (Å²) >= 11 is 0. The topological polar surface area (TPSA) is 45.1 Å². The zero-order valence-corrected chi connectivity index (χ0v) is 9.80. The van der Waals surface area contributed by atoms with Crippen molar-refractivity contribution < 1.29 is 4.55 Å². The molecule has 0 aliphatic heterocycles. The van der Waals surface area contributed by atoms with Gasteiger partial charge in [-0.2, -0.15) is 0 Å². The molecule has 1 aromatic carbocycles. The lowest BCUT2D eigenvalue weighted by Crippen LogP contribution is -2.30. The van der Waals surface area contributed by atoms with E-state index >= 15 is 0 Å². The van der Waals surface area contributed by atoms with E-state index < -0.39 is 16.5 Å². The van der Waals surface area contributed by atoms with Gasteiger partial charge in [0.05, 0.1) is 5.54 Å². The molecule has 2 aromatic rings. The van der Waals surface area contributed by atoms with Crippen LogP contribution in [0, 0.1) is 0 Å². The maximum absolute atomic E-state index is 12.1. The average Bonchev–Trinajstić information content (AvgIpc) is 2.39. The molecule has 0 radical (unpaired) electrons. The highest BCUT2D eigenvalue weighted by atomic mass is 32.2. The number of benzene rings is 1. The number of aromatic nitrogens is 1. The summed E-state index contributed by atoms with van der Waals surface area (Å²) in [6, 6.07) is 7.06. The third kappa shape index (κ3) is 1.50. The lowest BCUT2D eigenvalue weighted by Gasteiger charge is -2.16. The molecule has 0 N–H and O–H groups in total.